The van der Waals surface area contributed by atoms with E-state index in [9.17, 15) is 0 Å². The maximum atomic E-state index is 7.38. The van der Waals surface area contributed by atoms with Crippen LogP contribution in [0.5, 0.6) is 5.75 Å². The third-order valence-corrected chi connectivity index (χ3v) is 3.59. The van der Waals surface area contributed by atoms with Crippen LogP contribution in [0.25, 0.3) is 33.5 Å². The zero-order valence-corrected chi connectivity index (χ0v) is 12.6. The number of methoxy groups -OCH3 is 1. The van der Waals surface area contributed by atoms with Gasteiger partial charge in [-0.3, -0.25) is 0 Å². The number of pyridine rings is 1. The Balaban J connectivity index is 1.91. The summed E-state index contributed by atoms with van der Waals surface area (Å²) in [5.41, 5.74) is 7.70. The molecular weight excluding hydrogens is 308 g/mol. The predicted octanol–water partition coefficient (Wildman–Crippen LogP) is 2.47. The van der Waals surface area contributed by atoms with Crippen LogP contribution >= 0.6 is 0 Å². The SMILES string of the molecule is [2H]C([2H])([2H])Nc1ncc(-c2nc3cc(OC)ccc3o2)c2cc(N)nnc12. The first-order valence-corrected chi connectivity index (χ1v) is 6.99. The minimum absolute atomic E-state index is 0.0685. The highest BCUT2D eigenvalue weighted by Gasteiger charge is 2.16. The number of benzene rings is 1. The van der Waals surface area contributed by atoms with E-state index in [1.807, 2.05) is 0 Å². The molecule has 0 spiro atoms. The van der Waals surface area contributed by atoms with Gasteiger partial charge in [-0.1, -0.05) is 0 Å². The number of oxazole rings is 1. The molecule has 8 nitrogen and oxygen atoms in total. The summed E-state index contributed by atoms with van der Waals surface area (Å²) in [5.74, 6) is 1.19. The van der Waals surface area contributed by atoms with Crippen LogP contribution in [-0.4, -0.2) is 34.3 Å². The molecule has 0 saturated heterocycles. The van der Waals surface area contributed by atoms with Gasteiger partial charge in [0.1, 0.15) is 22.6 Å². The number of aromatic nitrogens is 4. The number of anilines is 2. The second kappa shape index (κ2) is 5.34. The normalized spacial score (nSPS) is 13.5. The van der Waals surface area contributed by atoms with Gasteiger partial charge in [0.05, 0.1) is 12.7 Å². The molecule has 0 bridgehead atoms. The first-order valence-electron chi connectivity index (χ1n) is 8.49. The summed E-state index contributed by atoms with van der Waals surface area (Å²) in [5, 5.41) is 10.6. The lowest BCUT2D eigenvalue weighted by atomic mass is 10.1. The van der Waals surface area contributed by atoms with Crippen LogP contribution in [0.4, 0.5) is 11.6 Å². The average molecular weight is 325 g/mol. The molecular formula is C16H14N6O2. The monoisotopic (exact) mass is 325 g/mol. The third kappa shape index (κ3) is 2.16. The summed E-state index contributed by atoms with van der Waals surface area (Å²) in [6.45, 7) is -2.43. The Bertz CT molecular complexity index is 1160. The van der Waals surface area contributed by atoms with E-state index in [1.165, 1.54) is 6.20 Å². The van der Waals surface area contributed by atoms with Crippen molar-refractivity contribution in [2.24, 2.45) is 0 Å². The fraction of sp³-hybridized carbons (Fsp3) is 0.125. The van der Waals surface area contributed by atoms with Crippen molar-refractivity contribution in [2.75, 3.05) is 25.1 Å². The smallest absolute Gasteiger partial charge is 0.229 e. The number of rotatable bonds is 3. The minimum Gasteiger partial charge on any atom is -0.497 e. The molecule has 8 heteroatoms. The summed E-state index contributed by atoms with van der Waals surface area (Å²) < 4.78 is 33.2. The van der Waals surface area contributed by atoms with Crippen molar-refractivity contribution in [3.8, 4) is 17.2 Å². The third-order valence-electron chi connectivity index (χ3n) is 3.59. The fourth-order valence-electron chi connectivity index (χ4n) is 2.46. The van der Waals surface area contributed by atoms with Gasteiger partial charge in [-0.05, 0) is 18.2 Å². The number of fused-ring (bicyclic) bond motifs is 2. The second-order valence-corrected chi connectivity index (χ2v) is 5.03. The molecule has 0 fully saturated rings. The molecule has 3 aromatic heterocycles. The first kappa shape index (κ1) is 11.2. The lowest BCUT2D eigenvalue weighted by molar-refractivity contribution is 0.415. The van der Waals surface area contributed by atoms with E-state index >= 15 is 0 Å². The predicted molar refractivity (Wildman–Crippen MR) is 90.8 cm³/mol. The van der Waals surface area contributed by atoms with Crippen LogP contribution in [0.2, 0.25) is 0 Å². The molecule has 0 aliphatic heterocycles. The van der Waals surface area contributed by atoms with Gasteiger partial charge in [-0.2, -0.15) is 0 Å². The van der Waals surface area contributed by atoms with Gasteiger partial charge in [0.25, 0.3) is 0 Å². The van der Waals surface area contributed by atoms with Crippen molar-refractivity contribution in [3.63, 3.8) is 0 Å². The summed E-state index contributed by atoms with van der Waals surface area (Å²) in [6, 6.07) is 6.83. The van der Waals surface area contributed by atoms with E-state index in [4.69, 9.17) is 19.0 Å². The Hall–Kier alpha value is -3.42. The van der Waals surface area contributed by atoms with Gasteiger partial charge in [-0.15, -0.1) is 10.2 Å². The van der Waals surface area contributed by atoms with E-state index in [0.717, 1.165) is 0 Å². The lowest BCUT2D eigenvalue weighted by Gasteiger charge is -2.06. The molecule has 1 aromatic carbocycles. The molecule has 120 valence electrons. The van der Waals surface area contributed by atoms with Crippen LogP contribution in [0, 0.1) is 0 Å². The maximum absolute atomic E-state index is 7.38. The Labute approximate surface area is 140 Å². The number of ether oxygens (including phenoxy) is 1. The highest BCUT2D eigenvalue weighted by Crippen LogP contribution is 2.33. The van der Waals surface area contributed by atoms with Crippen molar-refractivity contribution in [2.45, 2.75) is 0 Å². The number of hydrogen-bond acceptors (Lipinski definition) is 8. The molecule has 0 radical (unpaired) electrons. The van der Waals surface area contributed by atoms with Crippen LogP contribution in [0.1, 0.15) is 4.11 Å². The molecule has 0 aliphatic rings. The van der Waals surface area contributed by atoms with Crippen molar-refractivity contribution in [1.29, 1.82) is 0 Å². The van der Waals surface area contributed by atoms with E-state index in [2.05, 4.69) is 25.5 Å². The van der Waals surface area contributed by atoms with Gasteiger partial charge in [0, 0.05) is 28.7 Å². The molecule has 4 rings (SSSR count). The Kier molecular flexibility index (Phi) is 2.48. The van der Waals surface area contributed by atoms with E-state index in [0.29, 0.717) is 33.7 Å². The van der Waals surface area contributed by atoms with Crippen molar-refractivity contribution >= 4 is 33.6 Å². The molecule has 4 aromatic rings. The quantitative estimate of drug-likeness (QED) is 0.591. The van der Waals surface area contributed by atoms with Crippen molar-refractivity contribution < 1.29 is 13.3 Å². The molecule has 0 aliphatic carbocycles. The molecule has 0 saturated carbocycles. The zero-order valence-electron chi connectivity index (χ0n) is 15.6. The summed E-state index contributed by atoms with van der Waals surface area (Å²) in [6.07, 6.45) is 1.46. The largest absolute Gasteiger partial charge is 0.497 e. The summed E-state index contributed by atoms with van der Waals surface area (Å²) in [4.78, 5) is 8.63. The summed E-state index contributed by atoms with van der Waals surface area (Å²) >= 11 is 0. The molecule has 3 N–H and O–H groups in total. The summed E-state index contributed by atoms with van der Waals surface area (Å²) in [7, 11) is 1.57. The van der Waals surface area contributed by atoms with Crippen LogP contribution in [0.15, 0.2) is 34.9 Å². The first-order chi connectivity index (χ1) is 12.8. The van der Waals surface area contributed by atoms with Crippen molar-refractivity contribution in [3.05, 3.63) is 30.5 Å². The minimum atomic E-state index is -2.43. The number of hydrogen-bond donors (Lipinski definition) is 2. The highest BCUT2D eigenvalue weighted by molar-refractivity contribution is 5.99. The van der Waals surface area contributed by atoms with Gasteiger partial charge in [0.15, 0.2) is 11.4 Å². The Morgan fingerprint density at radius 3 is 3.04 bits per heavy atom. The van der Waals surface area contributed by atoms with Crippen LogP contribution < -0.4 is 15.8 Å². The molecule has 0 atom stereocenters. The van der Waals surface area contributed by atoms with Gasteiger partial charge in [-0.25, -0.2) is 9.97 Å². The van der Waals surface area contributed by atoms with Crippen LogP contribution in [-0.2, 0) is 0 Å². The Morgan fingerprint density at radius 1 is 1.29 bits per heavy atom. The molecule has 0 unspecified atom stereocenters. The Morgan fingerprint density at radius 2 is 2.21 bits per heavy atom. The standard InChI is InChI=1S/C16H14N6O2/c1-18-15-14-9(6-13(17)21-22-14)10(7-19-15)16-20-11-5-8(23-2)3-4-12(11)24-16/h3-7H,1-2H3,(H2,17,21)(H,18,19)/i1D3. The fourth-order valence-corrected chi connectivity index (χ4v) is 2.46. The maximum Gasteiger partial charge on any atom is 0.229 e. The molecule has 24 heavy (non-hydrogen) atoms. The van der Waals surface area contributed by atoms with Gasteiger partial charge < -0.3 is 20.2 Å². The zero-order chi connectivity index (χ0) is 19.2. The number of nitrogens with zero attached hydrogens (tertiary/aromatic N) is 4. The van der Waals surface area contributed by atoms with Gasteiger partial charge in [0.2, 0.25) is 5.89 Å². The number of nitrogens with one attached hydrogen (secondary N) is 1. The van der Waals surface area contributed by atoms with Crippen LogP contribution in [0.3, 0.4) is 0 Å². The number of nitrogen functional groups attached to an aromatic ring is 1. The topological polar surface area (TPSA) is 112 Å². The number of nitrogens with two attached hydrogens (primary N) is 1. The highest BCUT2D eigenvalue weighted by atomic mass is 16.5. The second-order valence-electron chi connectivity index (χ2n) is 5.03. The molecule has 0 amide bonds. The molecule has 3 heterocycles. The van der Waals surface area contributed by atoms with Gasteiger partial charge >= 0.3 is 0 Å². The van der Waals surface area contributed by atoms with E-state index < -0.39 is 6.98 Å². The van der Waals surface area contributed by atoms with E-state index in [1.54, 1.807) is 31.4 Å². The van der Waals surface area contributed by atoms with Crippen molar-refractivity contribution in [1.82, 2.24) is 20.2 Å². The lowest BCUT2D eigenvalue weighted by Crippen LogP contribution is -2.00. The van der Waals surface area contributed by atoms with E-state index in [-0.39, 0.29) is 17.2 Å². The average Bonchev–Trinajstić information content (AvgIpc) is 3.03.